The number of nitrogens with two attached hydrogens (primary N) is 1. The molecule has 0 fully saturated rings. The molecule has 0 aliphatic rings. The molecule has 0 amide bonds. The van der Waals surface area contributed by atoms with Gasteiger partial charge in [-0.2, -0.15) is 5.10 Å². The van der Waals surface area contributed by atoms with E-state index in [9.17, 15) is 9.18 Å². The third kappa shape index (κ3) is 3.48. The molecule has 1 aromatic heterocycles. The van der Waals surface area contributed by atoms with Crippen LogP contribution in [0.1, 0.15) is 48.8 Å². The maximum Gasteiger partial charge on any atom is 0.171 e. The first-order valence-corrected chi connectivity index (χ1v) is 7.17. The van der Waals surface area contributed by atoms with E-state index in [0.717, 1.165) is 12.8 Å². The quantitative estimate of drug-likeness (QED) is 0.655. The standard InChI is InChI=1S/C16H20FN3O/c1-3-13(4-2)20-8-7-12(19-20)10-16(21)14-9-11(17)5-6-15(14)18/h5-9,13H,3-4,10,18H2,1-2H3. The number of nitrogens with zero attached hydrogens (tertiary/aromatic N) is 2. The summed E-state index contributed by atoms with van der Waals surface area (Å²) in [4.78, 5) is 12.2. The lowest BCUT2D eigenvalue weighted by Gasteiger charge is -2.12. The van der Waals surface area contributed by atoms with Gasteiger partial charge in [0, 0.05) is 17.4 Å². The topological polar surface area (TPSA) is 60.9 Å². The van der Waals surface area contributed by atoms with Crippen molar-refractivity contribution in [3.63, 3.8) is 0 Å². The van der Waals surface area contributed by atoms with Crippen molar-refractivity contribution in [2.24, 2.45) is 0 Å². The van der Waals surface area contributed by atoms with Gasteiger partial charge in [0.15, 0.2) is 5.78 Å². The van der Waals surface area contributed by atoms with Crippen molar-refractivity contribution in [1.29, 1.82) is 0 Å². The number of anilines is 1. The zero-order valence-electron chi connectivity index (χ0n) is 12.3. The number of hydrogen-bond acceptors (Lipinski definition) is 3. The van der Waals surface area contributed by atoms with Gasteiger partial charge in [0.25, 0.3) is 0 Å². The van der Waals surface area contributed by atoms with E-state index in [2.05, 4.69) is 18.9 Å². The number of ketones is 1. The molecule has 2 rings (SSSR count). The Labute approximate surface area is 123 Å². The van der Waals surface area contributed by atoms with E-state index in [1.54, 1.807) is 0 Å². The summed E-state index contributed by atoms with van der Waals surface area (Å²) in [6.07, 6.45) is 3.99. The van der Waals surface area contributed by atoms with Gasteiger partial charge >= 0.3 is 0 Å². The predicted octanol–water partition coefficient (Wildman–Crippen LogP) is 3.39. The Hall–Kier alpha value is -2.17. The molecular weight excluding hydrogens is 269 g/mol. The summed E-state index contributed by atoms with van der Waals surface area (Å²) in [6, 6.07) is 5.99. The van der Waals surface area contributed by atoms with Gasteiger partial charge in [0.2, 0.25) is 0 Å². The third-order valence-corrected chi connectivity index (χ3v) is 3.64. The lowest BCUT2D eigenvalue weighted by atomic mass is 10.0. The van der Waals surface area contributed by atoms with Gasteiger partial charge in [-0.05, 0) is 37.1 Å². The Kier molecular flexibility index (Phi) is 4.73. The highest BCUT2D eigenvalue weighted by atomic mass is 19.1. The molecule has 2 aromatic rings. The molecule has 0 bridgehead atoms. The van der Waals surface area contributed by atoms with Gasteiger partial charge in [0.05, 0.1) is 18.2 Å². The van der Waals surface area contributed by atoms with Crippen LogP contribution in [0, 0.1) is 5.82 Å². The maximum atomic E-state index is 13.2. The van der Waals surface area contributed by atoms with Gasteiger partial charge in [-0.25, -0.2) is 4.39 Å². The average molecular weight is 289 g/mol. The minimum atomic E-state index is -0.463. The molecule has 5 heteroatoms. The molecule has 0 saturated carbocycles. The number of carbonyl (C=O) groups excluding carboxylic acids is 1. The molecule has 2 N–H and O–H groups in total. The number of halogens is 1. The fourth-order valence-electron chi connectivity index (χ4n) is 2.37. The zero-order chi connectivity index (χ0) is 15.4. The molecule has 1 heterocycles. The first-order chi connectivity index (χ1) is 10.0. The van der Waals surface area contributed by atoms with E-state index in [0.29, 0.717) is 17.4 Å². The second kappa shape index (κ2) is 6.52. The second-order valence-electron chi connectivity index (χ2n) is 5.09. The van der Waals surface area contributed by atoms with E-state index in [4.69, 9.17) is 5.73 Å². The monoisotopic (exact) mass is 289 g/mol. The summed E-state index contributed by atoms with van der Waals surface area (Å²) >= 11 is 0. The van der Waals surface area contributed by atoms with Crippen molar-refractivity contribution in [3.8, 4) is 0 Å². The van der Waals surface area contributed by atoms with Gasteiger partial charge in [-0.3, -0.25) is 9.48 Å². The fourth-order valence-corrected chi connectivity index (χ4v) is 2.37. The van der Waals surface area contributed by atoms with Crippen LogP contribution in [0.3, 0.4) is 0 Å². The highest BCUT2D eigenvalue weighted by Gasteiger charge is 2.14. The number of carbonyl (C=O) groups is 1. The van der Waals surface area contributed by atoms with Crippen molar-refractivity contribution in [2.45, 2.75) is 39.2 Å². The summed E-state index contributed by atoms with van der Waals surface area (Å²) in [7, 11) is 0. The minimum Gasteiger partial charge on any atom is -0.398 e. The maximum absolute atomic E-state index is 13.2. The largest absolute Gasteiger partial charge is 0.398 e. The van der Waals surface area contributed by atoms with Crippen LogP contribution >= 0.6 is 0 Å². The van der Waals surface area contributed by atoms with Gasteiger partial charge < -0.3 is 5.73 Å². The number of benzene rings is 1. The normalized spacial score (nSPS) is 11.0. The minimum absolute atomic E-state index is 0.126. The van der Waals surface area contributed by atoms with Crippen LogP contribution in [-0.2, 0) is 6.42 Å². The summed E-state index contributed by atoms with van der Waals surface area (Å²) in [5, 5.41) is 4.43. The lowest BCUT2D eigenvalue weighted by Crippen LogP contribution is -2.10. The second-order valence-corrected chi connectivity index (χ2v) is 5.09. The molecule has 0 unspecified atom stereocenters. The molecule has 0 saturated heterocycles. The number of rotatable bonds is 6. The van der Waals surface area contributed by atoms with Crippen molar-refractivity contribution < 1.29 is 9.18 Å². The van der Waals surface area contributed by atoms with Gasteiger partial charge in [-0.15, -0.1) is 0 Å². The van der Waals surface area contributed by atoms with Crippen LogP contribution in [0.5, 0.6) is 0 Å². The smallest absolute Gasteiger partial charge is 0.171 e. The van der Waals surface area contributed by atoms with Gasteiger partial charge in [-0.1, -0.05) is 13.8 Å². The van der Waals surface area contributed by atoms with E-state index < -0.39 is 5.82 Å². The predicted molar refractivity (Wildman–Crippen MR) is 80.7 cm³/mol. The SMILES string of the molecule is CCC(CC)n1ccc(CC(=O)c2cc(F)ccc2N)n1. The number of Topliss-reactive ketones (excluding diaryl/α,β-unsaturated/α-hetero) is 1. The Morgan fingerprint density at radius 3 is 2.71 bits per heavy atom. The molecule has 0 aliphatic carbocycles. The van der Waals surface area contributed by atoms with Crippen LogP contribution in [-0.4, -0.2) is 15.6 Å². The van der Waals surface area contributed by atoms with E-state index in [-0.39, 0.29) is 17.8 Å². The van der Waals surface area contributed by atoms with Crippen LogP contribution in [0.2, 0.25) is 0 Å². The van der Waals surface area contributed by atoms with Crippen LogP contribution in [0.15, 0.2) is 30.5 Å². The first kappa shape index (κ1) is 15.2. The molecular formula is C16H20FN3O. The zero-order valence-corrected chi connectivity index (χ0v) is 12.3. The summed E-state index contributed by atoms with van der Waals surface area (Å²) in [5.74, 6) is -0.683. The van der Waals surface area contributed by atoms with E-state index in [1.165, 1.54) is 18.2 Å². The Bertz CT molecular complexity index is 632. The number of hydrogen-bond donors (Lipinski definition) is 1. The molecule has 1 aromatic carbocycles. The third-order valence-electron chi connectivity index (χ3n) is 3.64. The van der Waals surface area contributed by atoms with E-state index in [1.807, 2.05) is 16.9 Å². The molecule has 4 nitrogen and oxygen atoms in total. The Morgan fingerprint density at radius 1 is 1.33 bits per heavy atom. The Morgan fingerprint density at radius 2 is 2.05 bits per heavy atom. The van der Waals surface area contributed by atoms with Crippen LogP contribution < -0.4 is 5.73 Å². The van der Waals surface area contributed by atoms with Crippen molar-refractivity contribution >= 4 is 11.5 Å². The molecule has 21 heavy (non-hydrogen) atoms. The van der Waals surface area contributed by atoms with Crippen molar-refractivity contribution in [2.75, 3.05) is 5.73 Å². The molecule has 0 spiro atoms. The Balaban J connectivity index is 2.15. The number of nitrogen functional groups attached to an aromatic ring is 1. The highest BCUT2D eigenvalue weighted by molar-refractivity contribution is 6.01. The van der Waals surface area contributed by atoms with Crippen LogP contribution in [0.4, 0.5) is 10.1 Å². The molecule has 0 radical (unpaired) electrons. The highest BCUT2D eigenvalue weighted by Crippen LogP contribution is 2.18. The summed E-state index contributed by atoms with van der Waals surface area (Å²) in [6.45, 7) is 4.21. The number of aromatic nitrogens is 2. The van der Waals surface area contributed by atoms with Crippen molar-refractivity contribution in [1.82, 2.24) is 9.78 Å². The lowest BCUT2D eigenvalue weighted by molar-refractivity contribution is 0.0992. The van der Waals surface area contributed by atoms with Gasteiger partial charge in [0.1, 0.15) is 5.82 Å². The summed E-state index contributed by atoms with van der Waals surface area (Å²) in [5.41, 5.74) is 6.91. The summed E-state index contributed by atoms with van der Waals surface area (Å²) < 4.78 is 15.1. The van der Waals surface area contributed by atoms with Crippen LogP contribution in [0.25, 0.3) is 0 Å². The van der Waals surface area contributed by atoms with Crippen molar-refractivity contribution in [3.05, 3.63) is 47.5 Å². The molecule has 0 atom stereocenters. The first-order valence-electron chi connectivity index (χ1n) is 7.17. The molecule has 0 aliphatic heterocycles. The fraction of sp³-hybridized carbons (Fsp3) is 0.375. The van der Waals surface area contributed by atoms with E-state index >= 15 is 0 Å². The molecule has 112 valence electrons. The average Bonchev–Trinajstić information content (AvgIpc) is 2.91.